The van der Waals surface area contributed by atoms with Crippen molar-refractivity contribution in [2.75, 3.05) is 32.9 Å². The van der Waals surface area contributed by atoms with Crippen LogP contribution in [0, 0.1) is 5.92 Å². The summed E-state index contributed by atoms with van der Waals surface area (Å²) in [4.78, 5) is 25.8. The maximum absolute atomic E-state index is 12.9. The number of carboxylic acid groups (broad SMARTS) is 1. The summed E-state index contributed by atoms with van der Waals surface area (Å²) in [5.41, 5.74) is 0.409. The predicted octanol–water partition coefficient (Wildman–Crippen LogP) is 2.82. The number of hydrogen-bond acceptors (Lipinski definition) is 5. The molecule has 0 unspecified atom stereocenters. The molecule has 26 heavy (non-hydrogen) atoms. The SMILES string of the molecule is CCOc1cc(C(=O)N2CCC[C@@H](C(=O)O)C2)cc(OCC)c1OCC. The van der Waals surface area contributed by atoms with E-state index in [0.29, 0.717) is 62.0 Å². The molecule has 0 saturated carbocycles. The molecule has 0 bridgehead atoms. The number of amides is 1. The van der Waals surface area contributed by atoms with E-state index < -0.39 is 11.9 Å². The van der Waals surface area contributed by atoms with Gasteiger partial charge in [-0.2, -0.15) is 0 Å². The van der Waals surface area contributed by atoms with Crippen LogP contribution >= 0.6 is 0 Å². The molecule has 2 rings (SSSR count). The molecule has 1 aliphatic heterocycles. The van der Waals surface area contributed by atoms with Crippen LogP contribution in [0.2, 0.25) is 0 Å². The second-order valence-electron chi connectivity index (χ2n) is 6.03. The van der Waals surface area contributed by atoms with Crippen molar-refractivity contribution in [2.24, 2.45) is 5.92 Å². The van der Waals surface area contributed by atoms with Crippen LogP contribution in [-0.2, 0) is 4.79 Å². The van der Waals surface area contributed by atoms with Crippen molar-refractivity contribution in [3.05, 3.63) is 17.7 Å². The molecular formula is C19H27NO6. The van der Waals surface area contributed by atoms with Gasteiger partial charge < -0.3 is 24.2 Å². The van der Waals surface area contributed by atoms with E-state index in [-0.39, 0.29) is 12.5 Å². The number of carbonyl (C=O) groups is 2. The Kier molecular flexibility index (Phi) is 7.12. The van der Waals surface area contributed by atoms with E-state index in [1.54, 1.807) is 17.0 Å². The zero-order valence-corrected chi connectivity index (χ0v) is 15.6. The smallest absolute Gasteiger partial charge is 0.308 e. The first-order chi connectivity index (χ1) is 12.5. The molecule has 1 amide bonds. The van der Waals surface area contributed by atoms with Gasteiger partial charge in [0.2, 0.25) is 5.75 Å². The van der Waals surface area contributed by atoms with Gasteiger partial charge in [-0.15, -0.1) is 0 Å². The summed E-state index contributed by atoms with van der Waals surface area (Å²) in [7, 11) is 0. The monoisotopic (exact) mass is 365 g/mol. The average Bonchev–Trinajstić information content (AvgIpc) is 2.64. The number of ether oxygens (including phenoxy) is 3. The van der Waals surface area contributed by atoms with E-state index in [1.807, 2.05) is 20.8 Å². The lowest BCUT2D eigenvalue weighted by Gasteiger charge is -2.31. The number of carboxylic acids is 1. The third kappa shape index (κ3) is 4.59. The summed E-state index contributed by atoms with van der Waals surface area (Å²) in [6.45, 7) is 7.63. The van der Waals surface area contributed by atoms with Gasteiger partial charge in [0, 0.05) is 18.7 Å². The van der Waals surface area contributed by atoms with Gasteiger partial charge in [-0.1, -0.05) is 0 Å². The molecule has 7 heteroatoms. The molecule has 1 aromatic carbocycles. The topological polar surface area (TPSA) is 85.3 Å². The quantitative estimate of drug-likeness (QED) is 0.762. The van der Waals surface area contributed by atoms with E-state index in [2.05, 4.69) is 0 Å². The minimum Gasteiger partial charge on any atom is -0.490 e. The first-order valence-corrected chi connectivity index (χ1v) is 9.10. The fraction of sp³-hybridized carbons (Fsp3) is 0.579. The van der Waals surface area contributed by atoms with E-state index in [1.165, 1.54) is 0 Å². The fourth-order valence-corrected chi connectivity index (χ4v) is 3.06. The van der Waals surface area contributed by atoms with Crippen LogP contribution in [0.1, 0.15) is 44.0 Å². The Hall–Kier alpha value is -2.44. The molecule has 0 radical (unpaired) electrons. The zero-order chi connectivity index (χ0) is 19.1. The van der Waals surface area contributed by atoms with Crippen molar-refractivity contribution in [2.45, 2.75) is 33.6 Å². The van der Waals surface area contributed by atoms with Gasteiger partial charge in [0.15, 0.2) is 11.5 Å². The zero-order valence-electron chi connectivity index (χ0n) is 15.6. The van der Waals surface area contributed by atoms with Crippen molar-refractivity contribution < 1.29 is 28.9 Å². The van der Waals surface area contributed by atoms with Crippen LogP contribution in [-0.4, -0.2) is 54.8 Å². The summed E-state index contributed by atoms with van der Waals surface area (Å²) in [6, 6.07) is 3.29. The fourth-order valence-electron chi connectivity index (χ4n) is 3.06. The first kappa shape index (κ1) is 19.9. The van der Waals surface area contributed by atoms with Crippen LogP contribution < -0.4 is 14.2 Å². The Morgan fingerprint density at radius 2 is 1.65 bits per heavy atom. The molecule has 1 aromatic rings. The summed E-state index contributed by atoms with van der Waals surface area (Å²) in [5, 5.41) is 9.24. The van der Waals surface area contributed by atoms with Crippen molar-refractivity contribution in [1.82, 2.24) is 4.90 Å². The molecule has 1 atom stereocenters. The molecule has 144 valence electrons. The maximum atomic E-state index is 12.9. The molecule has 1 fully saturated rings. The number of likely N-dealkylation sites (tertiary alicyclic amines) is 1. The lowest BCUT2D eigenvalue weighted by Crippen LogP contribution is -2.42. The minimum absolute atomic E-state index is 0.218. The molecule has 1 N–H and O–H groups in total. The number of benzene rings is 1. The Morgan fingerprint density at radius 3 is 2.15 bits per heavy atom. The van der Waals surface area contributed by atoms with Crippen molar-refractivity contribution >= 4 is 11.9 Å². The van der Waals surface area contributed by atoms with Crippen LogP contribution in [0.25, 0.3) is 0 Å². The second kappa shape index (κ2) is 9.31. The highest BCUT2D eigenvalue weighted by atomic mass is 16.5. The molecular weight excluding hydrogens is 338 g/mol. The number of hydrogen-bond donors (Lipinski definition) is 1. The van der Waals surface area contributed by atoms with E-state index >= 15 is 0 Å². The van der Waals surface area contributed by atoms with Crippen molar-refractivity contribution in [3.8, 4) is 17.2 Å². The van der Waals surface area contributed by atoms with Crippen molar-refractivity contribution in [1.29, 1.82) is 0 Å². The first-order valence-electron chi connectivity index (χ1n) is 9.10. The normalized spacial score (nSPS) is 16.9. The Balaban J connectivity index is 2.34. The number of carbonyl (C=O) groups excluding carboxylic acids is 1. The number of nitrogens with zero attached hydrogens (tertiary/aromatic N) is 1. The Labute approximate surface area is 153 Å². The van der Waals surface area contributed by atoms with Crippen LogP contribution in [0.5, 0.6) is 17.2 Å². The minimum atomic E-state index is -0.862. The van der Waals surface area contributed by atoms with Crippen molar-refractivity contribution in [3.63, 3.8) is 0 Å². The molecule has 1 saturated heterocycles. The summed E-state index contributed by atoms with van der Waals surface area (Å²) in [6.07, 6.45) is 1.27. The average molecular weight is 365 g/mol. The summed E-state index contributed by atoms with van der Waals surface area (Å²) in [5.74, 6) is -0.214. The number of piperidine rings is 1. The van der Waals surface area contributed by atoms with Gasteiger partial charge in [-0.3, -0.25) is 9.59 Å². The predicted molar refractivity (Wildman–Crippen MR) is 96.2 cm³/mol. The van der Waals surface area contributed by atoms with E-state index in [0.717, 1.165) is 0 Å². The number of rotatable bonds is 8. The molecule has 0 aromatic heterocycles. The molecule has 1 heterocycles. The largest absolute Gasteiger partial charge is 0.490 e. The van der Waals surface area contributed by atoms with Gasteiger partial charge in [-0.05, 0) is 45.7 Å². The Morgan fingerprint density at radius 1 is 1.08 bits per heavy atom. The second-order valence-corrected chi connectivity index (χ2v) is 6.03. The van der Waals surface area contributed by atoms with Gasteiger partial charge in [0.05, 0.1) is 25.7 Å². The molecule has 0 aliphatic carbocycles. The lowest BCUT2D eigenvalue weighted by atomic mass is 9.97. The highest BCUT2D eigenvalue weighted by Gasteiger charge is 2.29. The Bertz CT molecular complexity index is 618. The third-order valence-corrected chi connectivity index (χ3v) is 4.21. The summed E-state index contributed by atoms with van der Waals surface area (Å²) < 4.78 is 16.9. The van der Waals surface area contributed by atoms with Gasteiger partial charge in [0.1, 0.15) is 0 Å². The molecule has 1 aliphatic rings. The highest BCUT2D eigenvalue weighted by Crippen LogP contribution is 2.39. The van der Waals surface area contributed by atoms with Crippen LogP contribution in [0.3, 0.4) is 0 Å². The van der Waals surface area contributed by atoms with Crippen LogP contribution in [0.15, 0.2) is 12.1 Å². The van der Waals surface area contributed by atoms with E-state index in [9.17, 15) is 14.7 Å². The maximum Gasteiger partial charge on any atom is 0.308 e. The molecule has 7 nitrogen and oxygen atoms in total. The summed E-state index contributed by atoms with van der Waals surface area (Å²) >= 11 is 0. The van der Waals surface area contributed by atoms with E-state index in [4.69, 9.17) is 14.2 Å². The van der Waals surface area contributed by atoms with Gasteiger partial charge >= 0.3 is 5.97 Å². The lowest BCUT2D eigenvalue weighted by molar-refractivity contribution is -0.143. The van der Waals surface area contributed by atoms with Gasteiger partial charge in [-0.25, -0.2) is 0 Å². The highest BCUT2D eigenvalue weighted by molar-refractivity contribution is 5.96. The third-order valence-electron chi connectivity index (χ3n) is 4.21. The standard InChI is InChI=1S/C19H27NO6/c1-4-24-15-10-14(11-16(25-5-2)17(15)26-6-3)18(21)20-9-7-8-13(12-20)19(22)23/h10-11,13H,4-9,12H2,1-3H3,(H,22,23)/t13-/m1/s1. The van der Waals surface area contributed by atoms with Gasteiger partial charge in [0.25, 0.3) is 5.91 Å². The van der Waals surface area contributed by atoms with Crippen LogP contribution in [0.4, 0.5) is 0 Å². The molecule has 0 spiro atoms. The number of aliphatic carboxylic acids is 1.